The lowest BCUT2D eigenvalue weighted by atomic mass is 9.72. The van der Waals surface area contributed by atoms with E-state index in [-0.39, 0.29) is 3.92 Å². The van der Waals surface area contributed by atoms with Gasteiger partial charge in [-0.1, -0.05) is 65.1 Å². The number of carbonyl (C=O) groups is 1. The minimum Gasteiger partial charge on any atom is -0.481 e. The van der Waals surface area contributed by atoms with Crippen molar-refractivity contribution >= 4 is 28.6 Å². The van der Waals surface area contributed by atoms with Crippen molar-refractivity contribution < 1.29 is 9.90 Å². The van der Waals surface area contributed by atoms with Crippen molar-refractivity contribution in [2.24, 2.45) is 0 Å². The molecule has 1 aromatic rings. The Labute approximate surface area is 109 Å². The Balaban J connectivity index is 2.52. The molecule has 0 aromatic heterocycles. The number of carboxylic acid groups (broad SMARTS) is 1. The van der Waals surface area contributed by atoms with Crippen LogP contribution in [0.15, 0.2) is 42.5 Å². The molecule has 1 aromatic carbocycles. The Morgan fingerprint density at radius 3 is 2.62 bits per heavy atom. The van der Waals surface area contributed by atoms with Gasteiger partial charge in [-0.15, -0.1) is 0 Å². The lowest BCUT2D eigenvalue weighted by Gasteiger charge is -2.35. The SMILES string of the molecule is O=C(O)C1(c2ccccc2)CCC=CC1I. The molecule has 0 amide bonds. The van der Waals surface area contributed by atoms with E-state index in [9.17, 15) is 9.90 Å². The van der Waals surface area contributed by atoms with Crippen LogP contribution in [0.3, 0.4) is 0 Å². The van der Waals surface area contributed by atoms with Gasteiger partial charge >= 0.3 is 5.97 Å². The Kier molecular flexibility index (Phi) is 3.33. The normalized spacial score (nSPS) is 28.9. The zero-order chi connectivity index (χ0) is 11.6. The topological polar surface area (TPSA) is 37.3 Å². The summed E-state index contributed by atoms with van der Waals surface area (Å²) in [5, 5.41) is 9.57. The van der Waals surface area contributed by atoms with Crippen LogP contribution in [-0.4, -0.2) is 15.0 Å². The van der Waals surface area contributed by atoms with Crippen molar-refractivity contribution in [1.29, 1.82) is 0 Å². The van der Waals surface area contributed by atoms with Crippen molar-refractivity contribution in [1.82, 2.24) is 0 Å². The summed E-state index contributed by atoms with van der Waals surface area (Å²) < 4.78 is 0.0127. The van der Waals surface area contributed by atoms with Crippen LogP contribution >= 0.6 is 22.6 Å². The van der Waals surface area contributed by atoms with Crippen LogP contribution in [0, 0.1) is 0 Å². The molecule has 2 atom stereocenters. The molecule has 1 N–H and O–H groups in total. The average molecular weight is 328 g/mol. The van der Waals surface area contributed by atoms with Gasteiger partial charge in [-0.25, -0.2) is 0 Å². The van der Waals surface area contributed by atoms with Crippen LogP contribution in [0.1, 0.15) is 18.4 Å². The second kappa shape index (κ2) is 4.57. The van der Waals surface area contributed by atoms with Gasteiger partial charge in [-0.05, 0) is 18.4 Å². The van der Waals surface area contributed by atoms with Gasteiger partial charge in [0.25, 0.3) is 0 Å². The molecule has 0 heterocycles. The van der Waals surface area contributed by atoms with Crippen LogP contribution in [0.5, 0.6) is 0 Å². The third-order valence-electron chi connectivity index (χ3n) is 3.15. The first-order chi connectivity index (χ1) is 7.68. The predicted octanol–water partition coefficient (Wildman–Crippen LogP) is 3.16. The maximum atomic E-state index is 11.6. The fourth-order valence-electron chi connectivity index (χ4n) is 2.22. The molecule has 84 valence electrons. The largest absolute Gasteiger partial charge is 0.481 e. The van der Waals surface area contributed by atoms with Crippen molar-refractivity contribution in [2.45, 2.75) is 22.2 Å². The van der Waals surface area contributed by atoms with E-state index >= 15 is 0 Å². The van der Waals surface area contributed by atoms with E-state index in [0.29, 0.717) is 6.42 Å². The highest BCUT2D eigenvalue weighted by Gasteiger charge is 2.45. The van der Waals surface area contributed by atoms with E-state index in [4.69, 9.17) is 0 Å². The summed E-state index contributed by atoms with van der Waals surface area (Å²) in [4.78, 5) is 11.6. The number of hydrogen-bond donors (Lipinski definition) is 1. The molecular weight excluding hydrogens is 315 g/mol. The first-order valence-electron chi connectivity index (χ1n) is 5.27. The summed E-state index contributed by atoms with van der Waals surface area (Å²) in [6, 6.07) is 9.56. The number of alkyl halides is 1. The van der Waals surface area contributed by atoms with Crippen LogP contribution in [0.25, 0.3) is 0 Å². The van der Waals surface area contributed by atoms with Gasteiger partial charge in [0.15, 0.2) is 0 Å². The van der Waals surface area contributed by atoms with Gasteiger partial charge in [-0.2, -0.15) is 0 Å². The summed E-state index contributed by atoms with van der Waals surface area (Å²) in [6.07, 6.45) is 5.59. The van der Waals surface area contributed by atoms with E-state index in [0.717, 1.165) is 12.0 Å². The standard InChI is InChI=1S/C13H13IO2/c14-11-8-4-5-9-13(11,12(15)16)10-6-2-1-3-7-10/h1-4,6-8,11H,5,9H2,(H,15,16). The van der Waals surface area contributed by atoms with Gasteiger partial charge in [-0.3, -0.25) is 4.79 Å². The first kappa shape index (κ1) is 11.6. The highest BCUT2D eigenvalue weighted by Crippen LogP contribution is 2.41. The molecule has 0 saturated carbocycles. The van der Waals surface area contributed by atoms with E-state index in [1.165, 1.54) is 0 Å². The molecule has 0 saturated heterocycles. The Morgan fingerprint density at radius 1 is 1.38 bits per heavy atom. The van der Waals surface area contributed by atoms with Crippen LogP contribution in [0.2, 0.25) is 0 Å². The lowest BCUT2D eigenvalue weighted by molar-refractivity contribution is -0.143. The van der Waals surface area contributed by atoms with Crippen molar-refractivity contribution in [3.8, 4) is 0 Å². The number of aliphatic carboxylic acids is 1. The van der Waals surface area contributed by atoms with Gasteiger partial charge in [0.1, 0.15) is 5.41 Å². The van der Waals surface area contributed by atoms with Crippen LogP contribution < -0.4 is 0 Å². The van der Waals surface area contributed by atoms with E-state index < -0.39 is 11.4 Å². The van der Waals surface area contributed by atoms with Gasteiger partial charge in [0.2, 0.25) is 0 Å². The Hall–Kier alpha value is -0.840. The molecule has 3 heteroatoms. The summed E-state index contributed by atoms with van der Waals surface area (Å²) >= 11 is 2.22. The van der Waals surface area contributed by atoms with E-state index in [1.54, 1.807) is 0 Å². The number of halogens is 1. The highest BCUT2D eigenvalue weighted by atomic mass is 127. The van der Waals surface area contributed by atoms with Crippen LogP contribution in [0.4, 0.5) is 0 Å². The lowest BCUT2D eigenvalue weighted by Crippen LogP contribution is -2.44. The molecule has 0 aliphatic heterocycles. The zero-order valence-corrected chi connectivity index (χ0v) is 10.9. The van der Waals surface area contributed by atoms with Crippen molar-refractivity contribution in [3.05, 3.63) is 48.0 Å². The van der Waals surface area contributed by atoms with Gasteiger partial charge < -0.3 is 5.11 Å². The quantitative estimate of drug-likeness (QED) is 0.514. The minimum atomic E-state index is -0.753. The maximum absolute atomic E-state index is 11.6. The molecule has 1 aliphatic carbocycles. The Bertz CT molecular complexity index is 413. The summed E-state index contributed by atoms with van der Waals surface area (Å²) in [5.74, 6) is -0.720. The second-order valence-electron chi connectivity index (χ2n) is 4.01. The predicted molar refractivity (Wildman–Crippen MR) is 71.9 cm³/mol. The molecule has 0 radical (unpaired) electrons. The maximum Gasteiger partial charge on any atom is 0.315 e. The van der Waals surface area contributed by atoms with Gasteiger partial charge in [0.05, 0.1) is 0 Å². The number of benzene rings is 1. The van der Waals surface area contributed by atoms with Crippen LogP contribution in [-0.2, 0) is 10.2 Å². The first-order valence-corrected chi connectivity index (χ1v) is 6.52. The fourth-order valence-corrected chi connectivity index (χ4v) is 3.45. The molecule has 1 aliphatic rings. The molecule has 2 nitrogen and oxygen atoms in total. The minimum absolute atomic E-state index is 0.0127. The summed E-state index contributed by atoms with van der Waals surface area (Å²) in [6.45, 7) is 0. The summed E-state index contributed by atoms with van der Waals surface area (Å²) in [7, 11) is 0. The molecule has 0 fully saturated rings. The number of rotatable bonds is 2. The van der Waals surface area contributed by atoms with Gasteiger partial charge in [0, 0.05) is 3.92 Å². The van der Waals surface area contributed by atoms with Crippen molar-refractivity contribution in [2.75, 3.05) is 0 Å². The fraction of sp³-hybridized carbons (Fsp3) is 0.308. The van der Waals surface area contributed by atoms with Crippen molar-refractivity contribution in [3.63, 3.8) is 0 Å². The smallest absolute Gasteiger partial charge is 0.315 e. The number of allylic oxidation sites excluding steroid dienone is 2. The third kappa shape index (κ3) is 1.77. The molecule has 2 rings (SSSR count). The monoisotopic (exact) mass is 328 g/mol. The molecular formula is C13H13IO2. The van der Waals surface area contributed by atoms with E-state index in [2.05, 4.69) is 28.7 Å². The number of carboxylic acids is 1. The Morgan fingerprint density at radius 2 is 2.06 bits per heavy atom. The molecule has 2 unspecified atom stereocenters. The molecule has 0 spiro atoms. The highest BCUT2D eigenvalue weighted by molar-refractivity contribution is 14.1. The molecule has 16 heavy (non-hydrogen) atoms. The molecule has 0 bridgehead atoms. The summed E-state index contributed by atoms with van der Waals surface area (Å²) in [5.41, 5.74) is 0.155. The second-order valence-corrected chi connectivity index (χ2v) is 5.35. The van der Waals surface area contributed by atoms with E-state index in [1.807, 2.05) is 36.4 Å². The average Bonchev–Trinajstić information content (AvgIpc) is 2.30. The third-order valence-corrected chi connectivity index (χ3v) is 4.63. The zero-order valence-electron chi connectivity index (χ0n) is 8.77. The number of hydrogen-bond acceptors (Lipinski definition) is 1.